The van der Waals surface area contributed by atoms with Gasteiger partial charge in [-0.1, -0.05) is 18.8 Å². The number of hydrogen-bond acceptors (Lipinski definition) is 4. The van der Waals surface area contributed by atoms with Gasteiger partial charge in [0.1, 0.15) is 4.90 Å². The van der Waals surface area contributed by atoms with Gasteiger partial charge in [0.25, 0.3) is 0 Å². The lowest BCUT2D eigenvalue weighted by atomic mass is 10.3. The number of rotatable bonds is 3. The Morgan fingerprint density at radius 2 is 2.18 bits per heavy atom. The minimum absolute atomic E-state index is 0.144. The molecule has 17 heavy (non-hydrogen) atoms. The van der Waals surface area contributed by atoms with E-state index in [4.69, 9.17) is 5.73 Å². The van der Waals surface area contributed by atoms with E-state index in [1.165, 1.54) is 29.8 Å². The van der Waals surface area contributed by atoms with Gasteiger partial charge in [-0.05, 0) is 6.07 Å². The molecule has 0 aliphatic carbocycles. The molecule has 0 unspecified atom stereocenters. The molecule has 0 bridgehead atoms. The van der Waals surface area contributed by atoms with Gasteiger partial charge < -0.3 is 5.73 Å². The predicted molar refractivity (Wildman–Crippen MR) is 65.7 cm³/mol. The third-order valence-corrected chi connectivity index (χ3v) is 4.10. The highest BCUT2D eigenvalue weighted by Crippen LogP contribution is 2.13. The molecule has 1 rings (SSSR count). The van der Waals surface area contributed by atoms with E-state index in [1.807, 2.05) is 0 Å². The molecule has 0 amide bonds. The van der Waals surface area contributed by atoms with Crippen LogP contribution in [0, 0.1) is 11.8 Å². The summed E-state index contributed by atoms with van der Waals surface area (Å²) < 4.78 is 25.3. The van der Waals surface area contributed by atoms with Gasteiger partial charge in [0.2, 0.25) is 10.0 Å². The highest BCUT2D eigenvalue weighted by atomic mass is 32.2. The molecule has 1 heterocycles. The standard InChI is InChI=1S/C11H15N3O2S/c1-3-14(2)17(15,16)11-7-10(5-4-6-12)8-13-9-11/h7-9H,3,6,12H2,1-2H3. The molecule has 0 aromatic carbocycles. The van der Waals surface area contributed by atoms with E-state index in [1.54, 1.807) is 6.92 Å². The molecule has 0 aliphatic rings. The van der Waals surface area contributed by atoms with Gasteiger partial charge >= 0.3 is 0 Å². The van der Waals surface area contributed by atoms with Crippen LogP contribution in [-0.4, -0.2) is 37.8 Å². The largest absolute Gasteiger partial charge is 0.320 e. The van der Waals surface area contributed by atoms with Crippen molar-refractivity contribution >= 4 is 10.0 Å². The quantitative estimate of drug-likeness (QED) is 0.771. The Balaban J connectivity index is 3.16. The van der Waals surface area contributed by atoms with Crippen molar-refractivity contribution in [3.05, 3.63) is 24.0 Å². The second-order valence-electron chi connectivity index (χ2n) is 3.33. The molecule has 0 fully saturated rings. The van der Waals surface area contributed by atoms with Crippen LogP contribution in [0.4, 0.5) is 0 Å². The maximum Gasteiger partial charge on any atom is 0.244 e. The summed E-state index contributed by atoms with van der Waals surface area (Å²) in [7, 11) is -1.94. The van der Waals surface area contributed by atoms with Gasteiger partial charge in [0.15, 0.2) is 0 Å². The maximum absolute atomic E-state index is 12.0. The third-order valence-electron chi connectivity index (χ3n) is 2.20. The van der Waals surface area contributed by atoms with Gasteiger partial charge in [-0.2, -0.15) is 0 Å². The van der Waals surface area contributed by atoms with Gasteiger partial charge in [-0.25, -0.2) is 12.7 Å². The van der Waals surface area contributed by atoms with Crippen LogP contribution in [0.1, 0.15) is 12.5 Å². The fourth-order valence-electron chi connectivity index (χ4n) is 1.13. The van der Waals surface area contributed by atoms with E-state index in [-0.39, 0.29) is 11.4 Å². The molecule has 1 aromatic heterocycles. The highest BCUT2D eigenvalue weighted by molar-refractivity contribution is 7.89. The van der Waals surface area contributed by atoms with Crippen molar-refractivity contribution in [1.29, 1.82) is 0 Å². The third kappa shape index (κ3) is 3.27. The number of aromatic nitrogens is 1. The topological polar surface area (TPSA) is 76.3 Å². The van der Waals surface area contributed by atoms with Crippen molar-refractivity contribution in [1.82, 2.24) is 9.29 Å². The number of pyridine rings is 1. The Labute approximate surface area is 102 Å². The van der Waals surface area contributed by atoms with Crippen LogP contribution in [0.5, 0.6) is 0 Å². The van der Waals surface area contributed by atoms with Crippen LogP contribution in [0.15, 0.2) is 23.4 Å². The summed E-state index contributed by atoms with van der Waals surface area (Å²) in [5.41, 5.74) is 5.79. The van der Waals surface area contributed by atoms with E-state index in [9.17, 15) is 8.42 Å². The van der Waals surface area contributed by atoms with Crippen molar-refractivity contribution in [3.8, 4) is 11.8 Å². The molecule has 6 heteroatoms. The fourth-order valence-corrected chi connectivity index (χ4v) is 2.30. The zero-order valence-corrected chi connectivity index (χ0v) is 10.7. The molecular formula is C11H15N3O2S. The van der Waals surface area contributed by atoms with E-state index >= 15 is 0 Å². The molecular weight excluding hydrogens is 238 g/mol. The molecule has 0 saturated heterocycles. The number of hydrogen-bond donors (Lipinski definition) is 1. The molecule has 0 spiro atoms. The monoisotopic (exact) mass is 253 g/mol. The van der Waals surface area contributed by atoms with Crippen LogP contribution in [0.2, 0.25) is 0 Å². The average Bonchev–Trinajstić information content (AvgIpc) is 2.35. The summed E-state index contributed by atoms with van der Waals surface area (Å²) in [5.74, 6) is 5.41. The molecule has 0 aliphatic heterocycles. The predicted octanol–water partition coefficient (Wildman–Crippen LogP) is 0.0322. The highest BCUT2D eigenvalue weighted by Gasteiger charge is 2.19. The van der Waals surface area contributed by atoms with Crippen molar-refractivity contribution in [2.24, 2.45) is 5.73 Å². The van der Waals surface area contributed by atoms with Crippen LogP contribution < -0.4 is 5.73 Å². The second-order valence-corrected chi connectivity index (χ2v) is 5.38. The Hall–Kier alpha value is -1.42. The number of sulfonamides is 1. The first-order valence-electron chi connectivity index (χ1n) is 5.12. The summed E-state index contributed by atoms with van der Waals surface area (Å²) in [6.45, 7) is 2.40. The lowest BCUT2D eigenvalue weighted by Gasteiger charge is -2.14. The Morgan fingerprint density at radius 3 is 2.76 bits per heavy atom. The molecule has 5 nitrogen and oxygen atoms in total. The van der Waals surface area contributed by atoms with E-state index in [0.29, 0.717) is 12.1 Å². The van der Waals surface area contributed by atoms with Gasteiger partial charge in [-0.15, -0.1) is 0 Å². The zero-order valence-electron chi connectivity index (χ0n) is 9.84. The van der Waals surface area contributed by atoms with Gasteiger partial charge in [0, 0.05) is 31.5 Å². The second kappa shape index (κ2) is 5.77. The van der Waals surface area contributed by atoms with Crippen molar-refractivity contribution in [3.63, 3.8) is 0 Å². The molecule has 0 atom stereocenters. The SMILES string of the molecule is CCN(C)S(=O)(=O)c1cncc(C#CCN)c1. The van der Waals surface area contributed by atoms with Crippen LogP contribution >= 0.6 is 0 Å². The lowest BCUT2D eigenvalue weighted by Crippen LogP contribution is -2.26. The van der Waals surface area contributed by atoms with Crippen molar-refractivity contribution in [2.45, 2.75) is 11.8 Å². The number of nitrogens with two attached hydrogens (primary N) is 1. The van der Waals surface area contributed by atoms with Crippen molar-refractivity contribution < 1.29 is 8.42 Å². The average molecular weight is 253 g/mol. The Morgan fingerprint density at radius 1 is 1.47 bits per heavy atom. The van der Waals surface area contributed by atoms with Crippen LogP contribution in [0.3, 0.4) is 0 Å². The summed E-state index contributed by atoms with van der Waals surface area (Å²) in [6, 6.07) is 1.50. The van der Waals surface area contributed by atoms with E-state index in [2.05, 4.69) is 16.8 Å². The Kier molecular flexibility index (Phi) is 4.63. The van der Waals surface area contributed by atoms with Crippen molar-refractivity contribution in [2.75, 3.05) is 20.1 Å². The molecule has 2 N–H and O–H groups in total. The molecule has 92 valence electrons. The maximum atomic E-state index is 12.0. The molecule has 1 aromatic rings. The smallest absolute Gasteiger partial charge is 0.244 e. The normalized spacial score (nSPS) is 11.1. The van der Waals surface area contributed by atoms with Crippen LogP contribution in [0.25, 0.3) is 0 Å². The first-order valence-corrected chi connectivity index (χ1v) is 6.56. The molecule has 0 saturated carbocycles. The summed E-state index contributed by atoms with van der Waals surface area (Å²) in [6.07, 6.45) is 2.82. The van der Waals surface area contributed by atoms with Gasteiger partial charge in [-0.3, -0.25) is 4.98 Å². The Bertz CT molecular complexity index is 543. The molecule has 0 radical (unpaired) electrons. The first-order chi connectivity index (χ1) is 8.02. The van der Waals surface area contributed by atoms with E-state index in [0.717, 1.165) is 0 Å². The minimum Gasteiger partial charge on any atom is -0.320 e. The lowest BCUT2D eigenvalue weighted by molar-refractivity contribution is 0.486. The summed E-state index contributed by atoms with van der Waals surface area (Å²) in [4.78, 5) is 4.02. The summed E-state index contributed by atoms with van der Waals surface area (Å²) in [5, 5.41) is 0. The van der Waals surface area contributed by atoms with E-state index < -0.39 is 10.0 Å². The first kappa shape index (κ1) is 13.6. The summed E-state index contributed by atoms with van der Waals surface area (Å²) >= 11 is 0. The van der Waals surface area contributed by atoms with Gasteiger partial charge in [0.05, 0.1) is 6.54 Å². The van der Waals surface area contributed by atoms with Crippen LogP contribution in [-0.2, 0) is 10.0 Å². The number of nitrogens with zero attached hydrogens (tertiary/aromatic N) is 2. The minimum atomic E-state index is -3.46. The zero-order chi connectivity index (χ0) is 12.9. The fraction of sp³-hybridized carbons (Fsp3) is 0.364.